The summed E-state index contributed by atoms with van der Waals surface area (Å²) in [4.78, 5) is 12.4. The van der Waals surface area contributed by atoms with E-state index in [1.165, 1.54) is 11.8 Å². The van der Waals surface area contributed by atoms with Gasteiger partial charge in [-0.25, -0.2) is 0 Å². The van der Waals surface area contributed by atoms with Crippen LogP contribution < -0.4 is 9.47 Å². The zero-order valence-corrected chi connectivity index (χ0v) is 17.0. The molecule has 6 nitrogen and oxygen atoms in total. The lowest BCUT2D eigenvalue weighted by molar-refractivity contribution is 0.102. The number of rotatable bonds is 9. The van der Waals surface area contributed by atoms with E-state index in [1.807, 2.05) is 73.0 Å². The van der Waals surface area contributed by atoms with Crippen molar-refractivity contribution in [3.63, 3.8) is 0 Å². The molecule has 0 aliphatic carbocycles. The molecule has 2 aromatic carbocycles. The minimum Gasteiger partial charge on any atom is -0.493 e. The van der Waals surface area contributed by atoms with Gasteiger partial charge in [-0.3, -0.25) is 4.79 Å². The molecule has 0 bridgehead atoms. The Hall–Kier alpha value is -2.80. The van der Waals surface area contributed by atoms with Crippen molar-refractivity contribution in [3.8, 4) is 11.5 Å². The van der Waals surface area contributed by atoms with Crippen molar-refractivity contribution in [3.05, 3.63) is 66.0 Å². The van der Waals surface area contributed by atoms with Crippen LogP contribution in [-0.4, -0.2) is 33.4 Å². The number of hydrogen-bond acceptors (Lipinski definition) is 6. The fraction of sp³-hybridized carbons (Fsp3) is 0.286. The minimum absolute atomic E-state index is 0.0659. The number of benzene rings is 2. The summed E-state index contributed by atoms with van der Waals surface area (Å²) in [7, 11) is 1.61. The summed E-state index contributed by atoms with van der Waals surface area (Å²) in [5.41, 5.74) is 0.700. The van der Waals surface area contributed by atoms with Crippen LogP contribution in [-0.2, 0) is 6.54 Å². The number of Topliss-reactive ketones (excluding diaryl/α,β-unsaturated/α-hetero) is 1. The molecule has 3 aromatic rings. The normalized spacial score (nSPS) is 11.8. The third-order valence-corrected chi connectivity index (χ3v) is 5.19. The van der Waals surface area contributed by atoms with Crippen molar-refractivity contribution in [1.82, 2.24) is 14.8 Å². The summed E-state index contributed by atoms with van der Waals surface area (Å²) in [6.07, 6.45) is -0.317. The third-order valence-electron chi connectivity index (χ3n) is 4.23. The van der Waals surface area contributed by atoms with Gasteiger partial charge in [0, 0.05) is 12.1 Å². The van der Waals surface area contributed by atoms with Gasteiger partial charge in [0.15, 0.2) is 34.4 Å². The molecule has 0 aliphatic heterocycles. The molecule has 7 heteroatoms. The van der Waals surface area contributed by atoms with Crippen LogP contribution in [0.2, 0.25) is 0 Å². The van der Waals surface area contributed by atoms with Crippen LogP contribution in [0.4, 0.5) is 0 Å². The average Bonchev–Trinajstić information content (AvgIpc) is 3.16. The molecular formula is C21H23N3O3S. The minimum atomic E-state index is -0.317. The smallest absolute Gasteiger partial charge is 0.191 e. The molecule has 146 valence electrons. The summed E-state index contributed by atoms with van der Waals surface area (Å²) in [5.74, 6) is 2.40. The molecule has 28 heavy (non-hydrogen) atoms. The molecule has 0 spiro atoms. The van der Waals surface area contributed by atoms with E-state index in [1.54, 1.807) is 7.11 Å². The summed E-state index contributed by atoms with van der Waals surface area (Å²) < 4.78 is 13.4. The number of carbonyl (C=O) groups is 1. The van der Waals surface area contributed by atoms with E-state index in [-0.39, 0.29) is 11.9 Å². The predicted molar refractivity (Wildman–Crippen MR) is 109 cm³/mol. The fourth-order valence-electron chi connectivity index (χ4n) is 2.80. The second-order valence-electron chi connectivity index (χ2n) is 6.07. The first-order valence-electron chi connectivity index (χ1n) is 9.07. The second kappa shape index (κ2) is 9.41. The van der Waals surface area contributed by atoms with Gasteiger partial charge in [-0.05, 0) is 26.0 Å². The Balaban J connectivity index is 1.71. The maximum absolute atomic E-state index is 12.4. The monoisotopic (exact) mass is 397 g/mol. The number of nitrogens with zero attached hydrogens (tertiary/aromatic N) is 3. The zero-order chi connectivity index (χ0) is 19.9. The Morgan fingerprint density at radius 1 is 1.07 bits per heavy atom. The van der Waals surface area contributed by atoms with Gasteiger partial charge in [0.2, 0.25) is 0 Å². The Bertz CT molecular complexity index is 928. The Morgan fingerprint density at radius 2 is 1.75 bits per heavy atom. The van der Waals surface area contributed by atoms with Gasteiger partial charge >= 0.3 is 0 Å². The van der Waals surface area contributed by atoms with Crippen molar-refractivity contribution in [1.29, 1.82) is 0 Å². The molecule has 0 saturated carbocycles. The molecular weight excluding hydrogens is 374 g/mol. The molecule has 1 heterocycles. The number of methoxy groups -OCH3 is 1. The van der Waals surface area contributed by atoms with Crippen LogP contribution in [0.15, 0.2) is 59.8 Å². The van der Waals surface area contributed by atoms with Crippen LogP contribution >= 0.6 is 11.8 Å². The highest BCUT2D eigenvalue weighted by Crippen LogP contribution is 2.31. The van der Waals surface area contributed by atoms with Crippen molar-refractivity contribution in [2.45, 2.75) is 31.7 Å². The number of ether oxygens (including phenoxy) is 2. The molecule has 0 saturated heterocycles. The molecule has 0 amide bonds. The Labute approximate surface area is 168 Å². The standard InChI is InChI=1S/C21H23N3O3S/c1-4-24-20(15(2)27-19-13-9-8-12-18(19)26-3)22-23-21(24)28-14-17(25)16-10-6-5-7-11-16/h5-13,15H,4,14H2,1-3H3. The van der Waals surface area contributed by atoms with E-state index < -0.39 is 0 Å². The van der Waals surface area contributed by atoms with Gasteiger partial charge in [0.1, 0.15) is 0 Å². The molecule has 3 rings (SSSR count). The number of hydrogen-bond donors (Lipinski definition) is 0. The predicted octanol–water partition coefficient (Wildman–Crippen LogP) is 4.42. The SMILES string of the molecule is CCn1c(SCC(=O)c2ccccc2)nnc1C(C)Oc1ccccc1OC. The number of para-hydroxylation sites is 2. The maximum Gasteiger partial charge on any atom is 0.191 e. The highest BCUT2D eigenvalue weighted by atomic mass is 32.2. The van der Waals surface area contributed by atoms with Crippen molar-refractivity contribution in [2.75, 3.05) is 12.9 Å². The first-order chi connectivity index (χ1) is 13.6. The lowest BCUT2D eigenvalue weighted by Crippen LogP contribution is -2.12. The van der Waals surface area contributed by atoms with Crippen LogP contribution in [0.1, 0.15) is 36.1 Å². The summed E-state index contributed by atoms with van der Waals surface area (Å²) in [6.45, 7) is 4.63. The summed E-state index contributed by atoms with van der Waals surface area (Å²) in [5, 5.41) is 9.28. The zero-order valence-electron chi connectivity index (χ0n) is 16.2. The molecule has 1 aromatic heterocycles. The highest BCUT2D eigenvalue weighted by molar-refractivity contribution is 7.99. The lowest BCUT2D eigenvalue weighted by atomic mass is 10.2. The maximum atomic E-state index is 12.4. The van der Waals surface area contributed by atoms with Gasteiger partial charge < -0.3 is 14.0 Å². The van der Waals surface area contributed by atoms with E-state index >= 15 is 0 Å². The highest BCUT2D eigenvalue weighted by Gasteiger charge is 2.20. The number of aromatic nitrogens is 3. The Morgan fingerprint density at radius 3 is 2.43 bits per heavy atom. The van der Waals surface area contributed by atoms with Gasteiger partial charge in [-0.15, -0.1) is 10.2 Å². The molecule has 0 aliphatic rings. The van der Waals surface area contributed by atoms with Crippen LogP contribution in [0.5, 0.6) is 11.5 Å². The van der Waals surface area contributed by atoms with E-state index in [9.17, 15) is 4.79 Å². The number of carbonyl (C=O) groups excluding carboxylic acids is 1. The van der Waals surface area contributed by atoms with Gasteiger partial charge in [0.05, 0.1) is 12.9 Å². The largest absolute Gasteiger partial charge is 0.493 e. The van der Waals surface area contributed by atoms with E-state index in [2.05, 4.69) is 10.2 Å². The van der Waals surface area contributed by atoms with Crippen LogP contribution in [0, 0.1) is 0 Å². The van der Waals surface area contributed by atoms with Crippen molar-refractivity contribution in [2.24, 2.45) is 0 Å². The van der Waals surface area contributed by atoms with Gasteiger partial charge in [-0.1, -0.05) is 54.2 Å². The topological polar surface area (TPSA) is 66.2 Å². The van der Waals surface area contributed by atoms with Gasteiger partial charge in [0.25, 0.3) is 0 Å². The van der Waals surface area contributed by atoms with Gasteiger partial charge in [-0.2, -0.15) is 0 Å². The average molecular weight is 398 g/mol. The molecule has 0 N–H and O–H groups in total. The summed E-state index contributed by atoms with van der Waals surface area (Å²) >= 11 is 1.39. The molecule has 1 atom stereocenters. The quantitative estimate of drug-likeness (QED) is 0.393. The lowest BCUT2D eigenvalue weighted by Gasteiger charge is -2.17. The molecule has 0 fully saturated rings. The fourth-order valence-corrected chi connectivity index (χ4v) is 3.71. The Kier molecular flexibility index (Phi) is 6.71. The third kappa shape index (κ3) is 4.54. The van der Waals surface area contributed by atoms with Crippen molar-refractivity contribution >= 4 is 17.5 Å². The van der Waals surface area contributed by atoms with E-state index in [0.717, 1.165) is 0 Å². The second-order valence-corrected chi connectivity index (χ2v) is 7.02. The number of ketones is 1. The summed E-state index contributed by atoms with van der Waals surface area (Å²) in [6, 6.07) is 16.8. The van der Waals surface area contributed by atoms with Crippen LogP contribution in [0.3, 0.4) is 0 Å². The first-order valence-corrected chi connectivity index (χ1v) is 10.1. The molecule has 0 radical (unpaired) electrons. The van der Waals surface area contributed by atoms with Crippen LogP contribution in [0.25, 0.3) is 0 Å². The number of thioether (sulfide) groups is 1. The van der Waals surface area contributed by atoms with Crippen molar-refractivity contribution < 1.29 is 14.3 Å². The van der Waals surface area contributed by atoms with E-state index in [0.29, 0.717) is 40.3 Å². The molecule has 1 unspecified atom stereocenters. The first kappa shape index (κ1) is 19.9. The van der Waals surface area contributed by atoms with E-state index in [4.69, 9.17) is 9.47 Å².